The number of nitrogens with zero attached hydrogens (tertiary/aromatic N) is 4. The number of hydrogen-bond acceptors (Lipinski definition) is 6. The van der Waals surface area contributed by atoms with Gasteiger partial charge in [-0.05, 0) is 35.2 Å². The quantitative estimate of drug-likeness (QED) is 0.423. The molecule has 1 N–H and O–H groups in total. The average molecular weight is 527 g/mol. The zero-order valence-electron chi connectivity index (χ0n) is 18.9. The molecule has 0 atom stereocenters. The molecule has 1 aliphatic rings. The molecule has 1 aromatic carbocycles. The van der Waals surface area contributed by atoms with E-state index in [1.807, 2.05) is 11.4 Å². The van der Waals surface area contributed by atoms with Crippen LogP contribution in [-0.2, 0) is 6.54 Å². The van der Waals surface area contributed by atoms with Crippen molar-refractivity contribution in [3.8, 4) is 0 Å². The number of carboxylic acid groups (broad SMARTS) is 1. The second-order valence-corrected chi connectivity index (χ2v) is 9.72. The Morgan fingerprint density at radius 2 is 1.89 bits per heavy atom. The maximum absolute atomic E-state index is 13.8. The molecule has 1 amide bonds. The molecular formula is C25H20ClFN4O4S. The molecule has 0 bridgehead atoms. The maximum Gasteiger partial charge on any atom is 0.343 e. The summed E-state index contributed by atoms with van der Waals surface area (Å²) < 4.78 is 15.0. The third kappa shape index (κ3) is 4.45. The van der Waals surface area contributed by atoms with Crippen LogP contribution in [-0.4, -0.2) is 57.6 Å². The average Bonchev–Trinajstić information content (AvgIpc) is 3.40. The number of anilines is 1. The van der Waals surface area contributed by atoms with Gasteiger partial charge in [-0.25, -0.2) is 14.2 Å². The molecule has 184 valence electrons. The minimum Gasteiger partial charge on any atom is -0.477 e. The Bertz CT molecular complexity index is 1530. The van der Waals surface area contributed by atoms with E-state index >= 15 is 0 Å². The Hall–Kier alpha value is -3.76. The van der Waals surface area contributed by atoms with Gasteiger partial charge in [0.15, 0.2) is 0 Å². The van der Waals surface area contributed by atoms with Gasteiger partial charge in [0.2, 0.25) is 0 Å². The number of aromatic nitrogens is 2. The van der Waals surface area contributed by atoms with Gasteiger partial charge in [0.1, 0.15) is 17.0 Å². The number of amides is 1. The Kier molecular flexibility index (Phi) is 6.46. The monoisotopic (exact) mass is 526 g/mol. The summed E-state index contributed by atoms with van der Waals surface area (Å²) in [4.78, 5) is 47.1. The molecule has 0 aliphatic carbocycles. The smallest absolute Gasteiger partial charge is 0.343 e. The van der Waals surface area contributed by atoms with Crippen LogP contribution < -0.4 is 10.5 Å². The highest BCUT2D eigenvalue weighted by molar-refractivity contribution is 7.12. The number of benzene rings is 1. The van der Waals surface area contributed by atoms with Crippen LogP contribution in [0.1, 0.15) is 25.6 Å². The number of halogens is 2. The van der Waals surface area contributed by atoms with Crippen LogP contribution in [0.2, 0.25) is 5.02 Å². The van der Waals surface area contributed by atoms with Gasteiger partial charge in [-0.3, -0.25) is 14.2 Å². The van der Waals surface area contributed by atoms with Crippen molar-refractivity contribution in [2.75, 3.05) is 31.1 Å². The molecule has 1 fully saturated rings. The van der Waals surface area contributed by atoms with Gasteiger partial charge in [0, 0.05) is 37.8 Å². The van der Waals surface area contributed by atoms with E-state index in [0.717, 1.165) is 0 Å². The normalized spacial score (nSPS) is 13.8. The summed E-state index contributed by atoms with van der Waals surface area (Å²) >= 11 is 7.60. The van der Waals surface area contributed by atoms with E-state index in [1.54, 1.807) is 28.0 Å². The number of thiophene rings is 1. The van der Waals surface area contributed by atoms with Gasteiger partial charge in [-0.2, -0.15) is 0 Å². The standard InChI is InChI=1S/C25H20ClFN4O4S/c26-16-12-18-21(29-6-8-30(9-7-29)23(32)19-5-2-10-36-19)20(25(34)35)24(33)31(22(18)28-13-16)14-15-3-1-4-17(27)11-15/h1-5,10-13H,6-9,14H2,(H,34,35). The number of hydrogen-bond donors (Lipinski definition) is 1. The van der Waals surface area contributed by atoms with E-state index in [2.05, 4.69) is 4.98 Å². The lowest BCUT2D eigenvalue weighted by atomic mass is 10.1. The van der Waals surface area contributed by atoms with Crippen molar-refractivity contribution in [3.63, 3.8) is 0 Å². The van der Waals surface area contributed by atoms with Gasteiger partial charge in [-0.1, -0.05) is 29.8 Å². The predicted molar refractivity (Wildman–Crippen MR) is 136 cm³/mol. The van der Waals surface area contributed by atoms with Gasteiger partial charge in [0.05, 0.1) is 22.1 Å². The SMILES string of the molecule is O=C(O)c1c(N2CCN(C(=O)c3cccs3)CC2)c2cc(Cl)cnc2n(Cc2cccc(F)c2)c1=O. The summed E-state index contributed by atoms with van der Waals surface area (Å²) in [5.74, 6) is -1.93. The van der Waals surface area contributed by atoms with Gasteiger partial charge >= 0.3 is 5.97 Å². The van der Waals surface area contributed by atoms with E-state index in [-0.39, 0.29) is 28.8 Å². The zero-order valence-corrected chi connectivity index (χ0v) is 20.4. The fourth-order valence-corrected chi connectivity index (χ4v) is 5.31. The molecule has 36 heavy (non-hydrogen) atoms. The number of carboxylic acids is 1. The molecule has 11 heteroatoms. The number of fused-ring (bicyclic) bond motifs is 1. The molecule has 3 aromatic heterocycles. The van der Waals surface area contributed by atoms with Crippen LogP contribution in [0, 0.1) is 5.82 Å². The van der Waals surface area contributed by atoms with E-state index < -0.39 is 22.9 Å². The number of piperazine rings is 1. The number of carbonyl (C=O) groups is 2. The first-order chi connectivity index (χ1) is 17.3. The lowest BCUT2D eigenvalue weighted by molar-refractivity contribution is 0.0691. The van der Waals surface area contributed by atoms with Crippen molar-refractivity contribution in [3.05, 3.63) is 91.2 Å². The van der Waals surface area contributed by atoms with Crippen molar-refractivity contribution in [2.45, 2.75) is 6.54 Å². The summed E-state index contributed by atoms with van der Waals surface area (Å²) in [7, 11) is 0. The van der Waals surface area contributed by atoms with Crippen LogP contribution >= 0.6 is 22.9 Å². The molecule has 5 rings (SSSR count). The van der Waals surface area contributed by atoms with Crippen molar-refractivity contribution in [1.29, 1.82) is 0 Å². The lowest BCUT2D eigenvalue weighted by Gasteiger charge is -2.37. The van der Waals surface area contributed by atoms with Crippen LogP contribution in [0.3, 0.4) is 0 Å². The molecule has 0 radical (unpaired) electrons. The molecular weight excluding hydrogens is 507 g/mol. The fraction of sp³-hybridized carbons (Fsp3) is 0.200. The summed E-state index contributed by atoms with van der Waals surface area (Å²) in [6, 6.07) is 10.9. The molecule has 1 aliphatic heterocycles. The summed E-state index contributed by atoms with van der Waals surface area (Å²) in [6.07, 6.45) is 1.38. The molecule has 1 saturated heterocycles. The lowest BCUT2D eigenvalue weighted by Crippen LogP contribution is -2.49. The van der Waals surface area contributed by atoms with E-state index in [1.165, 1.54) is 40.3 Å². The van der Waals surface area contributed by atoms with E-state index in [9.17, 15) is 23.9 Å². The maximum atomic E-state index is 13.8. The molecule has 0 saturated carbocycles. The Morgan fingerprint density at radius 1 is 1.11 bits per heavy atom. The fourth-order valence-electron chi connectivity index (χ4n) is 4.46. The molecule has 8 nitrogen and oxygen atoms in total. The molecule has 4 heterocycles. The minimum atomic E-state index is -1.39. The van der Waals surface area contributed by atoms with E-state index in [0.29, 0.717) is 42.0 Å². The zero-order chi connectivity index (χ0) is 25.4. The van der Waals surface area contributed by atoms with Gasteiger partial charge in [0.25, 0.3) is 11.5 Å². The molecule has 0 spiro atoms. The Labute approximate surface area is 213 Å². The van der Waals surface area contributed by atoms with Crippen molar-refractivity contribution < 1.29 is 19.1 Å². The second-order valence-electron chi connectivity index (χ2n) is 8.33. The minimum absolute atomic E-state index is 0.0641. The Balaban J connectivity index is 1.58. The topological polar surface area (TPSA) is 95.7 Å². The molecule has 4 aromatic rings. The first-order valence-corrected chi connectivity index (χ1v) is 12.4. The largest absolute Gasteiger partial charge is 0.477 e. The number of rotatable bonds is 5. The van der Waals surface area contributed by atoms with Crippen molar-refractivity contribution in [2.24, 2.45) is 0 Å². The number of pyridine rings is 2. The highest BCUT2D eigenvalue weighted by Crippen LogP contribution is 2.31. The predicted octanol–water partition coefficient (Wildman–Crippen LogP) is 3.96. The van der Waals surface area contributed by atoms with Crippen LogP contribution in [0.25, 0.3) is 11.0 Å². The number of aromatic carboxylic acids is 1. The summed E-state index contributed by atoms with van der Waals surface area (Å²) in [5.41, 5.74) is -0.218. The van der Waals surface area contributed by atoms with E-state index in [4.69, 9.17) is 11.6 Å². The highest BCUT2D eigenvalue weighted by Gasteiger charge is 2.30. The summed E-state index contributed by atoms with van der Waals surface area (Å²) in [6.45, 7) is 1.30. The van der Waals surface area contributed by atoms with Crippen LogP contribution in [0.5, 0.6) is 0 Å². The van der Waals surface area contributed by atoms with Gasteiger partial charge in [-0.15, -0.1) is 11.3 Å². The second kappa shape index (κ2) is 9.71. The highest BCUT2D eigenvalue weighted by atomic mass is 35.5. The first-order valence-electron chi connectivity index (χ1n) is 11.1. The summed E-state index contributed by atoms with van der Waals surface area (Å²) in [5, 5.41) is 12.6. The van der Waals surface area contributed by atoms with Crippen molar-refractivity contribution >= 4 is 51.5 Å². The van der Waals surface area contributed by atoms with Crippen LogP contribution in [0.4, 0.5) is 10.1 Å². The third-order valence-electron chi connectivity index (χ3n) is 6.10. The molecule has 0 unspecified atom stereocenters. The third-order valence-corrected chi connectivity index (χ3v) is 7.16. The Morgan fingerprint density at radius 3 is 2.56 bits per heavy atom. The first kappa shape index (κ1) is 24.0. The number of carbonyl (C=O) groups excluding carboxylic acids is 1. The van der Waals surface area contributed by atoms with Crippen molar-refractivity contribution in [1.82, 2.24) is 14.5 Å². The van der Waals surface area contributed by atoms with Gasteiger partial charge < -0.3 is 14.9 Å². The van der Waals surface area contributed by atoms with Crippen LogP contribution in [0.15, 0.2) is 58.8 Å².